The highest BCUT2D eigenvalue weighted by Crippen LogP contribution is 2.27. The summed E-state index contributed by atoms with van der Waals surface area (Å²) in [6.45, 7) is 7.08. The third-order valence-electron chi connectivity index (χ3n) is 4.35. The Labute approximate surface area is 148 Å². The van der Waals surface area contributed by atoms with Crippen LogP contribution in [0.2, 0.25) is 0 Å². The first-order chi connectivity index (χ1) is 11.1. The van der Waals surface area contributed by atoms with Gasteiger partial charge in [-0.15, -0.1) is 11.6 Å². The van der Waals surface area contributed by atoms with Crippen molar-refractivity contribution in [2.75, 3.05) is 32.1 Å². The molecule has 0 aromatic carbocycles. The highest BCUT2D eigenvalue weighted by molar-refractivity contribution is 6.27. The molecule has 2 unspecified atom stereocenters. The fraction of sp³-hybridized carbons (Fsp3) is 0.875. The van der Waals surface area contributed by atoms with E-state index in [0.29, 0.717) is 32.6 Å². The average Bonchev–Trinajstić information content (AvgIpc) is 2.65. The first-order valence-corrected chi connectivity index (χ1v) is 8.95. The van der Waals surface area contributed by atoms with Crippen molar-refractivity contribution in [1.29, 1.82) is 0 Å². The van der Waals surface area contributed by atoms with Gasteiger partial charge in [0.05, 0.1) is 5.54 Å². The summed E-state index contributed by atoms with van der Waals surface area (Å²) >= 11 is 5.71. The molecule has 2 N–H and O–H groups in total. The largest absolute Gasteiger partial charge is 0.444 e. The number of carbonyl (C=O) groups is 2. The van der Waals surface area contributed by atoms with E-state index in [4.69, 9.17) is 16.3 Å². The maximum absolute atomic E-state index is 12.5. The maximum atomic E-state index is 12.5. The summed E-state index contributed by atoms with van der Waals surface area (Å²) in [5, 5.41) is 13.2. The van der Waals surface area contributed by atoms with Gasteiger partial charge >= 0.3 is 6.09 Å². The van der Waals surface area contributed by atoms with E-state index in [1.165, 1.54) is 0 Å². The number of rotatable bonds is 1. The zero-order valence-electron chi connectivity index (χ0n) is 14.7. The number of halogens is 1. The van der Waals surface area contributed by atoms with Gasteiger partial charge in [0.1, 0.15) is 17.7 Å². The van der Waals surface area contributed by atoms with Gasteiger partial charge in [-0.05, 0) is 40.0 Å². The van der Waals surface area contributed by atoms with Crippen LogP contribution >= 0.6 is 11.6 Å². The second kappa shape index (κ2) is 7.45. The van der Waals surface area contributed by atoms with E-state index < -0.39 is 23.5 Å². The lowest BCUT2D eigenvalue weighted by Gasteiger charge is -2.43. The molecule has 0 aromatic heterocycles. The van der Waals surface area contributed by atoms with Gasteiger partial charge in [0.2, 0.25) is 5.91 Å². The number of hydrogen-bond acceptors (Lipinski definition) is 5. The summed E-state index contributed by atoms with van der Waals surface area (Å²) in [7, 11) is 0. The summed E-state index contributed by atoms with van der Waals surface area (Å²) in [6, 6.07) is 0. The van der Waals surface area contributed by atoms with Gasteiger partial charge in [-0.2, -0.15) is 0 Å². The Morgan fingerprint density at radius 2 is 1.92 bits per heavy atom. The molecule has 2 rings (SSSR count). The molecule has 1 spiro atoms. The zero-order chi connectivity index (χ0) is 18.0. The quantitative estimate of drug-likeness (QED) is 0.684. The molecule has 8 heteroatoms. The SMILES string of the molecule is CC(C)(C)OC(=O)N1CCN(C(=O)CCl)CC2(CCCC(O)N2)C1. The fourth-order valence-electron chi connectivity index (χ4n) is 3.34. The molecule has 0 aliphatic carbocycles. The Morgan fingerprint density at radius 3 is 2.50 bits per heavy atom. The molecule has 0 bridgehead atoms. The Bertz CT molecular complexity index is 482. The number of nitrogens with one attached hydrogen (secondary N) is 1. The van der Waals surface area contributed by atoms with Gasteiger partial charge in [0.25, 0.3) is 0 Å². The van der Waals surface area contributed by atoms with Crippen molar-refractivity contribution in [3.63, 3.8) is 0 Å². The van der Waals surface area contributed by atoms with E-state index in [-0.39, 0.29) is 11.8 Å². The van der Waals surface area contributed by atoms with Crippen molar-refractivity contribution >= 4 is 23.6 Å². The third kappa shape index (κ3) is 4.97. The van der Waals surface area contributed by atoms with Gasteiger partial charge in [-0.3, -0.25) is 10.1 Å². The van der Waals surface area contributed by atoms with E-state index >= 15 is 0 Å². The fourth-order valence-corrected chi connectivity index (χ4v) is 3.51. The summed E-state index contributed by atoms with van der Waals surface area (Å²) in [5.74, 6) is -0.255. The van der Waals surface area contributed by atoms with Crippen molar-refractivity contribution in [1.82, 2.24) is 15.1 Å². The summed E-state index contributed by atoms with van der Waals surface area (Å²) in [6.07, 6.45) is 1.24. The Kier molecular flexibility index (Phi) is 5.99. The van der Waals surface area contributed by atoms with Crippen LogP contribution in [-0.2, 0) is 9.53 Å². The topological polar surface area (TPSA) is 82.1 Å². The predicted octanol–water partition coefficient (Wildman–Crippen LogP) is 1.14. The van der Waals surface area contributed by atoms with Crippen molar-refractivity contribution < 1.29 is 19.4 Å². The standard InChI is InChI=1S/C16H28ClN3O4/c1-15(2,3)24-14(23)20-8-7-19(13(22)9-17)10-16(11-20)6-4-5-12(21)18-16/h12,18,21H,4-11H2,1-3H3. The molecule has 24 heavy (non-hydrogen) atoms. The lowest BCUT2D eigenvalue weighted by molar-refractivity contribution is -0.129. The van der Waals surface area contributed by atoms with Crippen molar-refractivity contribution in [3.05, 3.63) is 0 Å². The molecule has 2 saturated heterocycles. The zero-order valence-corrected chi connectivity index (χ0v) is 15.4. The summed E-state index contributed by atoms with van der Waals surface area (Å²) in [4.78, 5) is 27.9. The Balaban J connectivity index is 2.20. The monoisotopic (exact) mass is 361 g/mol. The van der Waals surface area contributed by atoms with Crippen LogP contribution in [0.15, 0.2) is 0 Å². The van der Waals surface area contributed by atoms with Gasteiger partial charge < -0.3 is 19.6 Å². The van der Waals surface area contributed by atoms with Gasteiger partial charge in [0, 0.05) is 26.2 Å². The molecule has 0 aromatic rings. The minimum absolute atomic E-state index is 0.0922. The molecule has 2 heterocycles. The second-order valence-electron chi connectivity index (χ2n) is 7.68. The van der Waals surface area contributed by atoms with Crippen LogP contribution in [0.1, 0.15) is 40.0 Å². The number of aliphatic hydroxyl groups is 1. The molecule has 2 amide bonds. The molecule has 2 fully saturated rings. The number of aliphatic hydroxyl groups excluding tert-OH is 1. The van der Waals surface area contributed by atoms with Crippen LogP contribution < -0.4 is 5.32 Å². The number of alkyl halides is 1. The number of piperidine rings is 1. The maximum Gasteiger partial charge on any atom is 0.410 e. The average molecular weight is 362 g/mol. The highest BCUT2D eigenvalue weighted by atomic mass is 35.5. The molecule has 2 atom stereocenters. The van der Waals surface area contributed by atoms with Crippen LogP contribution in [-0.4, -0.2) is 76.3 Å². The minimum Gasteiger partial charge on any atom is -0.444 e. The van der Waals surface area contributed by atoms with Gasteiger partial charge in [0.15, 0.2) is 0 Å². The molecule has 7 nitrogen and oxygen atoms in total. The summed E-state index contributed by atoms with van der Waals surface area (Å²) in [5.41, 5.74) is -1.12. The molecule has 2 aliphatic rings. The molecule has 0 saturated carbocycles. The number of nitrogens with zero attached hydrogens (tertiary/aromatic N) is 2. The van der Waals surface area contributed by atoms with E-state index in [1.807, 2.05) is 20.8 Å². The molecule has 2 aliphatic heterocycles. The van der Waals surface area contributed by atoms with E-state index in [0.717, 1.165) is 12.8 Å². The first kappa shape index (κ1) is 19.3. The number of hydrogen-bond donors (Lipinski definition) is 2. The van der Waals surface area contributed by atoms with E-state index in [2.05, 4.69) is 5.32 Å². The highest BCUT2D eigenvalue weighted by Gasteiger charge is 2.43. The number of carbonyl (C=O) groups excluding carboxylic acids is 2. The number of ether oxygens (including phenoxy) is 1. The van der Waals surface area contributed by atoms with Gasteiger partial charge in [-0.1, -0.05) is 0 Å². The van der Waals surface area contributed by atoms with E-state index in [1.54, 1.807) is 9.80 Å². The molecule has 0 radical (unpaired) electrons. The Hall–Kier alpha value is -1.05. The number of amides is 2. The molecular formula is C16H28ClN3O4. The van der Waals surface area contributed by atoms with E-state index in [9.17, 15) is 14.7 Å². The van der Waals surface area contributed by atoms with Gasteiger partial charge in [-0.25, -0.2) is 4.79 Å². The van der Waals surface area contributed by atoms with Crippen LogP contribution in [0.4, 0.5) is 4.79 Å². The first-order valence-electron chi connectivity index (χ1n) is 8.42. The van der Waals surface area contributed by atoms with Crippen molar-refractivity contribution in [3.8, 4) is 0 Å². The normalized spacial score (nSPS) is 28.6. The van der Waals surface area contributed by atoms with Crippen LogP contribution in [0, 0.1) is 0 Å². The van der Waals surface area contributed by atoms with Crippen LogP contribution in [0.3, 0.4) is 0 Å². The van der Waals surface area contributed by atoms with Crippen molar-refractivity contribution in [2.24, 2.45) is 0 Å². The summed E-state index contributed by atoms with van der Waals surface area (Å²) < 4.78 is 5.48. The lowest BCUT2D eigenvalue weighted by atomic mass is 9.87. The minimum atomic E-state index is -0.634. The smallest absolute Gasteiger partial charge is 0.410 e. The van der Waals surface area contributed by atoms with Crippen LogP contribution in [0.5, 0.6) is 0 Å². The van der Waals surface area contributed by atoms with Crippen LogP contribution in [0.25, 0.3) is 0 Å². The van der Waals surface area contributed by atoms with Crippen molar-refractivity contribution in [2.45, 2.75) is 57.4 Å². The second-order valence-corrected chi connectivity index (χ2v) is 7.95. The molecular weight excluding hydrogens is 334 g/mol. The Morgan fingerprint density at radius 1 is 1.29 bits per heavy atom. The third-order valence-corrected chi connectivity index (χ3v) is 4.58. The predicted molar refractivity (Wildman–Crippen MR) is 90.8 cm³/mol. The lowest BCUT2D eigenvalue weighted by Crippen LogP contribution is -2.63. The molecule has 138 valence electrons.